The molecule has 1 aromatic carbocycles. The highest BCUT2D eigenvalue weighted by molar-refractivity contribution is 7.85. The number of hydrogen-bond donors (Lipinski definition) is 1. The molecule has 0 radical (unpaired) electrons. The molecule has 1 aliphatic rings. The van der Waals surface area contributed by atoms with E-state index >= 15 is 0 Å². The molecule has 2 rings (SSSR count). The van der Waals surface area contributed by atoms with Crippen molar-refractivity contribution in [2.75, 3.05) is 35.2 Å². The Morgan fingerprint density at radius 2 is 2.00 bits per heavy atom. The quantitative estimate of drug-likeness (QED) is 0.729. The Labute approximate surface area is 90.5 Å². The van der Waals surface area contributed by atoms with Crippen molar-refractivity contribution in [3.8, 4) is 0 Å². The summed E-state index contributed by atoms with van der Waals surface area (Å²) >= 11 is 0. The van der Waals surface area contributed by atoms with Gasteiger partial charge in [-0.15, -0.1) is 0 Å². The predicted molar refractivity (Wildman–Crippen MR) is 60.9 cm³/mol. The Kier molecular flexibility index (Phi) is 2.90. The Balaban J connectivity index is 2.21. The minimum absolute atomic E-state index is 0.286. The number of anilines is 2. The van der Waals surface area contributed by atoms with Gasteiger partial charge in [0, 0.05) is 35.4 Å². The van der Waals surface area contributed by atoms with Crippen molar-refractivity contribution in [1.29, 1.82) is 0 Å². The molecule has 0 aliphatic carbocycles. The van der Waals surface area contributed by atoms with Crippen LogP contribution in [0.25, 0.3) is 0 Å². The fraction of sp³-hybridized carbons (Fsp3) is 0.400. The van der Waals surface area contributed by atoms with Crippen molar-refractivity contribution >= 4 is 22.2 Å². The Morgan fingerprint density at radius 3 is 2.67 bits per heavy atom. The summed E-state index contributed by atoms with van der Waals surface area (Å²) in [5, 5.41) is 0. The summed E-state index contributed by atoms with van der Waals surface area (Å²) in [5.74, 6) is 0.984. The zero-order valence-corrected chi connectivity index (χ0v) is 9.10. The van der Waals surface area contributed by atoms with Crippen LogP contribution in [-0.4, -0.2) is 28.8 Å². The van der Waals surface area contributed by atoms with E-state index < -0.39 is 10.8 Å². The SMILES string of the molecule is Nc1ccc(F)cc1N1CCS(=O)CC1. The average molecular weight is 228 g/mol. The van der Waals surface area contributed by atoms with Gasteiger partial charge in [-0.1, -0.05) is 0 Å². The van der Waals surface area contributed by atoms with Crippen molar-refractivity contribution < 1.29 is 8.60 Å². The van der Waals surface area contributed by atoms with Crippen LogP contribution in [0, 0.1) is 5.82 Å². The molecule has 0 spiro atoms. The van der Waals surface area contributed by atoms with Crippen LogP contribution < -0.4 is 10.6 Å². The number of nitrogen functional groups attached to an aromatic ring is 1. The molecule has 0 bridgehead atoms. The third-order valence-electron chi connectivity index (χ3n) is 2.51. The van der Waals surface area contributed by atoms with Crippen molar-refractivity contribution in [3.63, 3.8) is 0 Å². The van der Waals surface area contributed by atoms with E-state index in [2.05, 4.69) is 0 Å². The van der Waals surface area contributed by atoms with E-state index in [1.807, 2.05) is 4.90 Å². The van der Waals surface area contributed by atoms with Crippen LogP contribution in [0.2, 0.25) is 0 Å². The minimum atomic E-state index is -0.723. The van der Waals surface area contributed by atoms with Crippen LogP contribution in [0.5, 0.6) is 0 Å². The van der Waals surface area contributed by atoms with Crippen molar-refractivity contribution in [1.82, 2.24) is 0 Å². The first-order chi connectivity index (χ1) is 7.16. The maximum atomic E-state index is 13.0. The molecule has 1 aromatic rings. The average Bonchev–Trinajstić information content (AvgIpc) is 2.23. The summed E-state index contributed by atoms with van der Waals surface area (Å²) in [7, 11) is -0.723. The molecule has 5 heteroatoms. The second-order valence-electron chi connectivity index (χ2n) is 3.54. The van der Waals surface area contributed by atoms with Crippen LogP contribution in [-0.2, 0) is 10.8 Å². The van der Waals surface area contributed by atoms with E-state index in [1.54, 1.807) is 6.07 Å². The second-order valence-corrected chi connectivity index (χ2v) is 5.23. The standard InChI is InChI=1S/C10H13FN2OS/c11-8-1-2-9(12)10(7-8)13-3-5-15(14)6-4-13/h1-2,7H,3-6,12H2. The number of nitrogens with zero attached hydrogens (tertiary/aromatic N) is 1. The van der Waals surface area contributed by atoms with Gasteiger partial charge in [-0.2, -0.15) is 0 Å². The molecule has 0 unspecified atom stereocenters. The summed E-state index contributed by atoms with van der Waals surface area (Å²) in [6.45, 7) is 1.36. The lowest BCUT2D eigenvalue weighted by atomic mass is 10.2. The first kappa shape index (κ1) is 10.4. The molecular weight excluding hydrogens is 215 g/mol. The molecule has 15 heavy (non-hydrogen) atoms. The van der Waals surface area contributed by atoms with Gasteiger partial charge < -0.3 is 10.6 Å². The first-order valence-electron chi connectivity index (χ1n) is 4.82. The highest BCUT2D eigenvalue weighted by atomic mass is 32.2. The van der Waals surface area contributed by atoms with Crippen molar-refractivity contribution in [2.45, 2.75) is 0 Å². The molecule has 0 saturated carbocycles. The van der Waals surface area contributed by atoms with Gasteiger partial charge in [0.25, 0.3) is 0 Å². The molecule has 1 aliphatic heterocycles. The topological polar surface area (TPSA) is 46.3 Å². The van der Waals surface area contributed by atoms with E-state index in [9.17, 15) is 8.60 Å². The van der Waals surface area contributed by atoms with Crippen LogP contribution in [0.15, 0.2) is 18.2 Å². The molecule has 82 valence electrons. The van der Waals surface area contributed by atoms with Crippen LogP contribution >= 0.6 is 0 Å². The van der Waals surface area contributed by atoms with E-state index in [4.69, 9.17) is 5.73 Å². The largest absolute Gasteiger partial charge is 0.397 e. The molecule has 1 heterocycles. The predicted octanol–water partition coefficient (Wildman–Crippen LogP) is 0.977. The monoisotopic (exact) mass is 228 g/mol. The first-order valence-corrected chi connectivity index (χ1v) is 6.30. The van der Waals surface area contributed by atoms with Gasteiger partial charge in [-0.05, 0) is 18.2 Å². The molecule has 3 nitrogen and oxygen atoms in total. The smallest absolute Gasteiger partial charge is 0.125 e. The minimum Gasteiger partial charge on any atom is -0.397 e. The number of hydrogen-bond acceptors (Lipinski definition) is 3. The van der Waals surface area contributed by atoms with Gasteiger partial charge in [0.05, 0.1) is 11.4 Å². The van der Waals surface area contributed by atoms with Crippen LogP contribution in [0.3, 0.4) is 0 Å². The summed E-state index contributed by atoms with van der Waals surface area (Å²) in [4.78, 5) is 1.99. The van der Waals surface area contributed by atoms with Gasteiger partial charge in [0.2, 0.25) is 0 Å². The number of halogens is 1. The summed E-state index contributed by atoms with van der Waals surface area (Å²) in [6, 6.07) is 4.35. The fourth-order valence-electron chi connectivity index (χ4n) is 1.67. The summed E-state index contributed by atoms with van der Waals surface area (Å²) in [5.41, 5.74) is 7.06. The van der Waals surface area contributed by atoms with Crippen molar-refractivity contribution in [2.24, 2.45) is 0 Å². The lowest BCUT2D eigenvalue weighted by molar-refractivity contribution is 0.626. The fourth-order valence-corrected chi connectivity index (χ4v) is 2.72. The molecule has 0 amide bonds. The van der Waals surface area contributed by atoms with Gasteiger partial charge in [-0.25, -0.2) is 4.39 Å². The Morgan fingerprint density at radius 1 is 1.33 bits per heavy atom. The van der Waals surface area contributed by atoms with Gasteiger partial charge in [0.15, 0.2) is 0 Å². The van der Waals surface area contributed by atoms with E-state index in [0.29, 0.717) is 36.0 Å². The molecule has 1 fully saturated rings. The van der Waals surface area contributed by atoms with Crippen LogP contribution in [0.1, 0.15) is 0 Å². The lowest BCUT2D eigenvalue weighted by Crippen LogP contribution is -2.38. The maximum Gasteiger partial charge on any atom is 0.125 e. The van der Waals surface area contributed by atoms with Gasteiger partial charge >= 0.3 is 0 Å². The third-order valence-corrected chi connectivity index (χ3v) is 3.79. The number of rotatable bonds is 1. The lowest BCUT2D eigenvalue weighted by Gasteiger charge is -2.29. The molecule has 0 aromatic heterocycles. The van der Waals surface area contributed by atoms with E-state index in [-0.39, 0.29) is 5.82 Å². The molecule has 2 N–H and O–H groups in total. The highest BCUT2D eigenvalue weighted by Crippen LogP contribution is 2.24. The Hall–Kier alpha value is -1.10. The molecule has 1 saturated heterocycles. The number of nitrogens with two attached hydrogens (primary N) is 1. The maximum absolute atomic E-state index is 13.0. The van der Waals surface area contributed by atoms with E-state index in [1.165, 1.54) is 12.1 Å². The normalized spacial score (nSPS) is 18.1. The second kappa shape index (κ2) is 4.18. The highest BCUT2D eigenvalue weighted by Gasteiger charge is 2.17. The summed E-state index contributed by atoms with van der Waals surface area (Å²) < 4.78 is 24.2. The zero-order valence-electron chi connectivity index (χ0n) is 8.28. The summed E-state index contributed by atoms with van der Waals surface area (Å²) in [6.07, 6.45) is 0. The molecular formula is C10H13FN2OS. The van der Waals surface area contributed by atoms with Gasteiger partial charge in [0.1, 0.15) is 5.82 Å². The van der Waals surface area contributed by atoms with Gasteiger partial charge in [-0.3, -0.25) is 4.21 Å². The zero-order chi connectivity index (χ0) is 10.8. The third kappa shape index (κ3) is 2.28. The molecule has 0 atom stereocenters. The number of benzene rings is 1. The van der Waals surface area contributed by atoms with E-state index in [0.717, 1.165) is 0 Å². The Bertz CT molecular complexity index is 387. The van der Waals surface area contributed by atoms with Crippen molar-refractivity contribution in [3.05, 3.63) is 24.0 Å². The van der Waals surface area contributed by atoms with Crippen LogP contribution in [0.4, 0.5) is 15.8 Å².